The predicted octanol–water partition coefficient (Wildman–Crippen LogP) is 4.76. The summed E-state index contributed by atoms with van der Waals surface area (Å²) < 4.78 is 16.7. The van der Waals surface area contributed by atoms with Crippen LogP contribution < -0.4 is 14.2 Å². The third-order valence-corrected chi connectivity index (χ3v) is 3.94. The summed E-state index contributed by atoms with van der Waals surface area (Å²) in [4.78, 5) is 12.0. The van der Waals surface area contributed by atoms with E-state index in [4.69, 9.17) is 25.8 Å². The molecule has 0 saturated heterocycles. The van der Waals surface area contributed by atoms with Gasteiger partial charge in [0.1, 0.15) is 0 Å². The van der Waals surface area contributed by atoms with Gasteiger partial charge in [-0.1, -0.05) is 33.6 Å². The van der Waals surface area contributed by atoms with Crippen LogP contribution in [0.25, 0.3) is 6.08 Å². The summed E-state index contributed by atoms with van der Waals surface area (Å²) in [6.07, 6.45) is 2.99. The molecule has 0 spiro atoms. The van der Waals surface area contributed by atoms with Crippen LogP contribution in [-0.4, -0.2) is 12.8 Å². The van der Waals surface area contributed by atoms with E-state index in [2.05, 4.69) is 15.9 Å². The van der Waals surface area contributed by atoms with E-state index >= 15 is 0 Å². The molecule has 0 atom stereocenters. The van der Waals surface area contributed by atoms with Gasteiger partial charge in [0, 0.05) is 10.5 Å². The molecular formula is C17H12BrClO4. The van der Waals surface area contributed by atoms with Gasteiger partial charge in [-0.05, 0) is 48.4 Å². The highest BCUT2D eigenvalue weighted by atomic mass is 79.9. The topological polar surface area (TPSA) is 44.8 Å². The highest BCUT2D eigenvalue weighted by Crippen LogP contribution is 2.33. The molecule has 0 saturated carbocycles. The fraction of sp³-hybridized carbons (Fsp3) is 0.118. The van der Waals surface area contributed by atoms with Gasteiger partial charge in [-0.3, -0.25) is 0 Å². The summed E-state index contributed by atoms with van der Waals surface area (Å²) >= 11 is 9.44. The molecule has 0 fully saturated rings. The molecule has 4 nitrogen and oxygen atoms in total. The summed E-state index contributed by atoms with van der Waals surface area (Å²) in [7, 11) is 0. The van der Waals surface area contributed by atoms with Crippen molar-refractivity contribution < 1.29 is 19.0 Å². The first-order chi connectivity index (χ1) is 11.0. The molecule has 0 aliphatic carbocycles. The molecule has 23 heavy (non-hydrogen) atoms. The third kappa shape index (κ3) is 3.68. The lowest BCUT2D eigenvalue weighted by Crippen LogP contribution is -2.05. The Balaban J connectivity index is 1.72. The minimum absolute atomic E-state index is 0.214. The molecule has 0 radical (unpaired) electrons. The molecule has 0 unspecified atom stereocenters. The first kappa shape index (κ1) is 15.9. The van der Waals surface area contributed by atoms with Crippen molar-refractivity contribution in [2.24, 2.45) is 0 Å². The fourth-order valence-corrected chi connectivity index (χ4v) is 3.14. The molecule has 0 N–H and O–H groups in total. The maximum absolute atomic E-state index is 12.0. The van der Waals surface area contributed by atoms with Gasteiger partial charge in [-0.25, -0.2) is 4.79 Å². The van der Waals surface area contributed by atoms with Crippen LogP contribution in [0.5, 0.6) is 17.2 Å². The molecule has 0 bridgehead atoms. The van der Waals surface area contributed by atoms with Crippen LogP contribution in [0.2, 0.25) is 5.02 Å². The van der Waals surface area contributed by atoms with E-state index in [-0.39, 0.29) is 6.79 Å². The highest BCUT2D eigenvalue weighted by Gasteiger charge is 2.13. The summed E-state index contributed by atoms with van der Waals surface area (Å²) in [5, 5.41) is 0.377. The summed E-state index contributed by atoms with van der Waals surface area (Å²) in [5.41, 5.74) is 1.58. The fourth-order valence-electron chi connectivity index (χ4n) is 2.13. The normalized spacial score (nSPS) is 12.7. The molecule has 118 valence electrons. The number of benzene rings is 2. The quantitative estimate of drug-likeness (QED) is 0.427. The van der Waals surface area contributed by atoms with Crippen molar-refractivity contribution in [2.75, 3.05) is 6.79 Å². The Hall–Kier alpha value is -1.98. The second-order valence-electron chi connectivity index (χ2n) is 4.90. The van der Waals surface area contributed by atoms with Gasteiger partial charge in [-0.15, -0.1) is 0 Å². The number of aryl methyl sites for hydroxylation is 1. The number of hydrogen-bond donors (Lipinski definition) is 0. The van der Waals surface area contributed by atoms with Gasteiger partial charge in [-0.2, -0.15) is 0 Å². The van der Waals surface area contributed by atoms with E-state index < -0.39 is 5.97 Å². The van der Waals surface area contributed by atoms with Gasteiger partial charge < -0.3 is 14.2 Å². The SMILES string of the molecule is Cc1cc(Br)cc(Cl)c1OC(=O)C=Cc1ccc2c(c1)OCO2. The summed E-state index contributed by atoms with van der Waals surface area (Å²) in [6, 6.07) is 8.93. The first-order valence-corrected chi connectivity index (χ1v) is 7.95. The molecule has 3 rings (SSSR count). The lowest BCUT2D eigenvalue weighted by Gasteiger charge is -2.08. The first-order valence-electron chi connectivity index (χ1n) is 6.78. The maximum atomic E-state index is 12.0. The van der Waals surface area contributed by atoms with Crippen molar-refractivity contribution >= 4 is 39.6 Å². The van der Waals surface area contributed by atoms with Crippen molar-refractivity contribution in [1.82, 2.24) is 0 Å². The number of carbonyl (C=O) groups excluding carboxylic acids is 1. The van der Waals surface area contributed by atoms with Crippen LogP contribution in [0.4, 0.5) is 0 Å². The molecule has 1 aliphatic heterocycles. The highest BCUT2D eigenvalue weighted by molar-refractivity contribution is 9.10. The van der Waals surface area contributed by atoms with Gasteiger partial charge in [0.25, 0.3) is 0 Å². The Bertz CT molecular complexity index is 778. The van der Waals surface area contributed by atoms with E-state index in [1.807, 2.05) is 19.1 Å². The molecule has 0 amide bonds. The molecule has 6 heteroatoms. The van der Waals surface area contributed by atoms with E-state index in [9.17, 15) is 4.79 Å². The van der Waals surface area contributed by atoms with Crippen molar-refractivity contribution in [2.45, 2.75) is 6.92 Å². The Kier molecular flexibility index (Phi) is 4.59. The molecule has 1 heterocycles. The number of halogens is 2. The minimum atomic E-state index is -0.505. The van der Waals surface area contributed by atoms with Gasteiger partial charge >= 0.3 is 5.97 Å². The largest absolute Gasteiger partial charge is 0.454 e. The average molecular weight is 396 g/mol. The summed E-state index contributed by atoms with van der Waals surface area (Å²) in [5.74, 6) is 1.21. The number of hydrogen-bond acceptors (Lipinski definition) is 4. The standard InChI is InChI=1S/C17H12BrClO4/c1-10-6-12(18)8-13(19)17(10)23-16(20)5-3-11-2-4-14-15(7-11)22-9-21-14/h2-8H,9H2,1H3. The lowest BCUT2D eigenvalue weighted by molar-refractivity contribution is -0.128. The van der Waals surface area contributed by atoms with Crippen molar-refractivity contribution in [3.8, 4) is 17.2 Å². The van der Waals surface area contributed by atoms with E-state index in [0.717, 1.165) is 15.6 Å². The van der Waals surface area contributed by atoms with Crippen LogP contribution >= 0.6 is 27.5 Å². The van der Waals surface area contributed by atoms with Crippen LogP contribution in [0.15, 0.2) is 40.9 Å². The average Bonchev–Trinajstić information content (AvgIpc) is 2.96. The molecule has 1 aliphatic rings. The predicted molar refractivity (Wildman–Crippen MR) is 91.1 cm³/mol. The Morgan fingerprint density at radius 2 is 2.04 bits per heavy atom. The second-order valence-corrected chi connectivity index (χ2v) is 6.22. The van der Waals surface area contributed by atoms with Gasteiger partial charge in [0.15, 0.2) is 17.2 Å². The van der Waals surface area contributed by atoms with Crippen LogP contribution in [0.1, 0.15) is 11.1 Å². The van der Waals surface area contributed by atoms with Crippen LogP contribution in [-0.2, 0) is 4.79 Å². The second kappa shape index (κ2) is 6.64. The zero-order valence-electron chi connectivity index (χ0n) is 12.1. The molecule has 2 aromatic carbocycles. The molecule has 0 aromatic heterocycles. The van der Waals surface area contributed by atoms with Gasteiger partial charge in [0.2, 0.25) is 6.79 Å². The van der Waals surface area contributed by atoms with Crippen molar-refractivity contribution in [3.63, 3.8) is 0 Å². The summed E-state index contributed by atoms with van der Waals surface area (Å²) in [6.45, 7) is 2.03. The zero-order valence-corrected chi connectivity index (χ0v) is 14.5. The Morgan fingerprint density at radius 1 is 1.26 bits per heavy atom. The maximum Gasteiger partial charge on any atom is 0.336 e. The molecular weight excluding hydrogens is 384 g/mol. The number of esters is 1. The number of carbonyl (C=O) groups is 1. The monoisotopic (exact) mass is 394 g/mol. The smallest absolute Gasteiger partial charge is 0.336 e. The number of rotatable bonds is 3. The van der Waals surface area contributed by atoms with Crippen LogP contribution in [0, 0.1) is 6.92 Å². The number of fused-ring (bicyclic) bond motifs is 1. The Morgan fingerprint density at radius 3 is 2.83 bits per heavy atom. The van der Waals surface area contributed by atoms with Crippen LogP contribution in [0.3, 0.4) is 0 Å². The van der Waals surface area contributed by atoms with E-state index in [1.54, 1.807) is 24.3 Å². The van der Waals surface area contributed by atoms with E-state index in [0.29, 0.717) is 22.3 Å². The molecule has 2 aromatic rings. The lowest BCUT2D eigenvalue weighted by atomic mass is 10.2. The zero-order chi connectivity index (χ0) is 16.4. The van der Waals surface area contributed by atoms with Gasteiger partial charge in [0.05, 0.1) is 5.02 Å². The third-order valence-electron chi connectivity index (χ3n) is 3.21. The Labute approximate surface area is 146 Å². The van der Waals surface area contributed by atoms with E-state index in [1.165, 1.54) is 6.08 Å². The number of ether oxygens (including phenoxy) is 3. The minimum Gasteiger partial charge on any atom is -0.454 e. The van der Waals surface area contributed by atoms with Crippen molar-refractivity contribution in [3.05, 3.63) is 57.0 Å². The van der Waals surface area contributed by atoms with Crippen molar-refractivity contribution in [1.29, 1.82) is 0 Å².